The maximum Gasteiger partial charge on any atom is 0.451 e. The Labute approximate surface area is 99.2 Å². The maximum atomic E-state index is 12.3. The van der Waals surface area contributed by atoms with Gasteiger partial charge in [-0.2, -0.15) is 18.2 Å². The molecule has 98 valence electrons. The van der Waals surface area contributed by atoms with Crippen LogP contribution in [0.2, 0.25) is 0 Å². The van der Waals surface area contributed by atoms with Gasteiger partial charge in [-0.25, -0.2) is 4.79 Å². The summed E-state index contributed by atoms with van der Waals surface area (Å²) < 4.78 is 41.5. The molecule has 0 aromatic carbocycles. The highest BCUT2D eigenvalue weighted by Crippen LogP contribution is 2.26. The number of H-pyrrole nitrogens is 1. The van der Waals surface area contributed by atoms with Gasteiger partial charge in [-0.15, -0.1) is 5.10 Å². The number of aromatic amines is 1. The van der Waals surface area contributed by atoms with E-state index in [-0.39, 0.29) is 12.6 Å². The van der Waals surface area contributed by atoms with Crippen molar-refractivity contribution >= 4 is 11.9 Å². The summed E-state index contributed by atoms with van der Waals surface area (Å²) in [5, 5.41) is 7.66. The van der Waals surface area contributed by atoms with Crippen LogP contribution in [0.4, 0.5) is 19.1 Å². The fourth-order valence-electron chi connectivity index (χ4n) is 1.46. The second kappa shape index (κ2) is 4.31. The second-order valence-electron chi connectivity index (χ2n) is 3.62. The zero-order valence-electron chi connectivity index (χ0n) is 9.26. The van der Waals surface area contributed by atoms with Crippen molar-refractivity contribution < 1.29 is 22.7 Å². The summed E-state index contributed by atoms with van der Waals surface area (Å²) in [6.45, 7) is 1.82. The predicted molar refractivity (Wildman–Crippen MR) is 53.3 cm³/mol. The van der Waals surface area contributed by atoms with Gasteiger partial charge in [0.1, 0.15) is 0 Å². The third-order valence-corrected chi connectivity index (χ3v) is 2.34. The van der Waals surface area contributed by atoms with Crippen LogP contribution >= 0.6 is 0 Å². The lowest BCUT2D eigenvalue weighted by Gasteiger charge is -2.03. The van der Waals surface area contributed by atoms with Crippen LogP contribution in [0.5, 0.6) is 0 Å². The molecule has 2 N–H and O–H groups in total. The maximum absolute atomic E-state index is 12.3. The predicted octanol–water partition coefficient (Wildman–Crippen LogP) is 1.46. The standard InChI is InChI=1S/C9H9F3N4O2/c1-4(5-2-3-18-6(5)17)13-8-14-7(15-16-8)9(10,11)12/h2-3H2,1H3,(H2,13,14,15,16). The Morgan fingerprint density at radius 1 is 1.50 bits per heavy atom. The van der Waals surface area contributed by atoms with Gasteiger partial charge in [0.05, 0.1) is 12.2 Å². The first kappa shape index (κ1) is 12.4. The third-order valence-electron chi connectivity index (χ3n) is 2.34. The van der Waals surface area contributed by atoms with Crippen molar-refractivity contribution in [1.82, 2.24) is 15.2 Å². The number of nitrogens with zero attached hydrogens (tertiary/aromatic N) is 2. The average molecular weight is 262 g/mol. The summed E-state index contributed by atoms with van der Waals surface area (Å²) in [6.07, 6.45) is -4.17. The number of carbonyl (C=O) groups excluding carboxylic acids is 1. The molecule has 0 radical (unpaired) electrons. The van der Waals surface area contributed by atoms with E-state index < -0.39 is 18.0 Å². The molecule has 6 nitrogen and oxygen atoms in total. The number of anilines is 1. The van der Waals surface area contributed by atoms with Gasteiger partial charge in [0.25, 0.3) is 0 Å². The van der Waals surface area contributed by atoms with Gasteiger partial charge in [0.2, 0.25) is 11.8 Å². The molecule has 2 heterocycles. The van der Waals surface area contributed by atoms with Gasteiger partial charge in [0, 0.05) is 12.1 Å². The van der Waals surface area contributed by atoms with E-state index in [1.165, 1.54) is 0 Å². The zero-order valence-corrected chi connectivity index (χ0v) is 9.26. The van der Waals surface area contributed by atoms with Gasteiger partial charge < -0.3 is 10.1 Å². The zero-order chi connectivity index (χ0) is 13.3. The molecule has 1 aromatic heterocycles. The van der Waals surface area contributed by atoms with Crippen LogP contribution in [-0.4, -0.2) is 27.8 Å². The molecular formula is C9H9F3N4O2. The summed E-state index contributed by atoms with van der Waals surface area (Å²) in [5.74, 6) is -1.92. The Bertz CT molecular complexity index is 506. The average Bonchev–Trinajstić information content (AvgIpc) is 2.85. The minimum atomic E-state index is -4.58. The summed E-state index contributed by atoms with van der Waals surface area (Å²) in [4.78, 5) is 14.5. The van der Waals surface area contributed by atoms with E-state index in [0.717, 1.165) is 0 Å². The van der Waals surface area contributed by atoms with E-state index >= 15 is 0 Å². The van der Waals surface area contributed by atoms with Gasteiger partial charge in [-0.05, 0) is 6.92 Å². The van der Waals surface area contributed by atoms with Crippen LogP contribution in [-0.2, 0) is 15.7 Å². The molecule has 0 unspecified atom stereocenters. The Hall–Kier alpha value is -2.06. The lowest BCUT2D eigenvalue weighted by molar-refractivity contribution is -0.144. The minimum absolute atomic E-state index is 0.243. The Morgan fingerprint density at radius 2 is 2.22 bits per heavy atom. The van der Waals surface area contributed by atoms with Crippen LogP contribution in [0.25, 0.3) is 0 Å². The van der Waals surface area contributed by atoms with Gasteiger partial charge in [-0.3, -0.25) is 5.10 Å². The van der Waals surface area contributed by atoms with Crippen molar-refractivity contribution in [1.29, 1.82) is 0 Å². The van der Waals surface area contributed by atoms with E-state index in [0.29, 0.717) is 17.7 Å². The number of cyclic esters (lactones) is 1. The number of carbonyl (C=O) groups is 1. The van der Waals surface area contributed by atoms with Crippen LogP contribution < -0.4 is 5.32 Å². The lowest BCUT2D eigenvalue weighted by Crippen LogP contribution is -2.08. The second-order valence-corrected chi connectivity index (χ2v) is 3.62. The number of hydrogen-bond donors (Lipinski definition) is 2. The van der Waals surface area contributed by atoms with E-state index in [2.05, 4.69) is 15.4 Å². The van der Waals surface area contributed by atoms with E-state index in [9.17, 15) is 18.0 Å². The summed E-state index contributed by atoms with van der Waals surface area (Å²) in [5.41, 5.74) is 0.763. The molecule has 0 amide bonds. The molecule has 18 heavy (non-hydrogen) atoms. The Morgan fingerprint density at radius 3 is 2.72 bits per heavy atom. The fraction of sp³-hybridized carbons (Fsp3) is 0.444. The van der Waals surface area contributed by atoms with Crippen molar-refractivity contribution in [3.05, 3.63) is 17.1 Å². The van der Waals surface area contributed by atoms with Crippen molar-refractivity contribution in [2.24, 2.45) is 0 Å². The number of alkyl halides is 3. The highest BCUT2D eigenvalue weighted by molar-refractivity contribution is 5.91. The summed E-state index contributed by atoms with van der Waals surface area (Å²) in [7, 11) is 0. The molecule has 1 saturated heterocycles. The molecule has 1 aliphatic heterocycles. The molecule has 9 heteroatoms. The number of hydrogen-bond acceptors (Lipinski definition) is 5. The number of ether oxygens (including phenoxy) is 1. The highest BCUT2D eigenvalue weighted by atomic mass is 19.4. The number of rotatable bonds is 2. The van der Waals surface area contributed by atoms with Crippen molar-refractivity contribution in [2.45, 2.75) is 19.5 Å². The fourth-order valence-corrected chi connectivity index (χ4v) is 1.46. The van der Waals surface area contributed by atoms with E-state index in [1.54, 1.807) is 12.0 Å². The number of esters is 1. The van der Waals surface area contributed by atoms with Gasteiger partial charge in [-0.1, -0.05) is 0 Å². The molecule has 0 atom stereocenters. The summed E-state index contributed by atoms with van der Waals surface area (Å²) in [6, 6.07) is 0. The smallest absolute Gasteiger partial charge is 0.451 e. The SMILES string of the molecule is CC(Nc1n[nH]c(C(F)(F)F)n1)=C1CCOC1=O. The van der Waals surface area contributed by atoms with E-state index in [1.807, 2.05) is 0 Å². The van der Waals surface area contributed by atoms with Gasteiger partial charge >= 0.3 is 12.1 Å². The molecule has 0 bridgehead atoms. The van der Waals surface area contributed by atoms with Crippen molar-refractivity contribution in [3.8, 4) is 0 Å². The molecule has 1 fully saturated rings. The molecule has 0 aliphatic carbocycles. The molecule has 1 aliphatic rings. The van der Waals surface area contributed by atoms with E-state index in [4.69, 9.17) is 4.74 Å². The summed E-state index contributed by atoms with van der Waals surface area (Å²) >= 11 is 0. The van der Waals surface area contributed by atoms with Crippen LogP contribution in [0, 0.1) is 0 Å². The molecular weight excluding hydrogens is 253 g/mol. The third kappa shape index (κ3) is 2.44. The lowest BCUT2D eigenvalue weighted by atomic mass is 10.2. The molecule has 2 rings (SSSR count). The quantitative estimate of drug-likeness (QED) is 0.623. The van der Waals surface area contributed by atoms with Crippen LogP contribution in [0.15, 0.2) is 11.3 Å². The van der Waals surface area contributed by atoms with Crippen molar-refractivity contribution in [2.75, 3.05) is 11.9 Å². The first-order valence-corrected chi connectivity index (χ1v) is 5.01. The number of allylic oxidation sites excluding steroid dienone is 1. The topological polar surface area (TPSA) is 79.9 Å². The van der Waals surface area contributed by atoms with Gasteiger partial charge in [0.15, 0.2) is 0 Å². The first-order valence-electron chi connectivity index (χ1n) is 5.01. The largest absolute Gasteiger partial charge is 0.462 e. The monoisotopic (exact) mass is 262 g/mol. The Kier molecular flexibility index (Phi) is 2.97. The number of nitrogens with one attached hydrogen (secondary N) is 2. The normalized spacial score (nSPS) is 18.8. The molecule has 1 aromatic rings. The van der Waals surface area contributed by atoms with Crippen LogP contribution in [0.1, 0.15) is 19.2 Å². The van der Waals surface area contributed by atoms with Crippen molar-refractivity contribution in [3.63, 3.8) is 0 Å². The number of halogens is 3. The minimum Gasteiger partial charge on any atom is -0.462 e. The van der Waals surface area contributed by atoms with Crippen LogP contribution in [0.3, 0.4) is 0 Å². The number of aromatic nitrogens is 3. The highest BCUT2D eigenvalue weighted by Gasteiger charge is 2.35. The Balaban J connectivity index is 2.15. The molecule has 0 spiro atoms. The first-order chi connectivity index (χ1) is 8.38. The molecule has 0 saturated carbocycles.